The first kappa shape index (κ1) is 15.7. The van der Waals surface area contributed by atoms with Crippen molar-refractivity contribution in [3.05, 3.63) is 54.1 Å². The van der Waals surface area contributed by atoms with Gasteiger partial charge in [0, 0.05) is 24.7 Å². The zero-order valence-electron chi connectivity index (χ0n) is 13.2. The minimum Gasteiger partial charge on any atom is -0.493 e. The number of nitrogens with zero attached hydrogens (tertiary/aromatic N) is 1. The summed E-state index contributed by atoms with van der Waals surface area (Å²) in [5.41, 5.74) is 0.854. The van der Waals surface area contributed by atoms with Crippen molar-refractivity contribution in [1.29, 1.82) is 0 Å². The normalized spacial score (nSPS) is 19.1. The summed E-state index contributed by atoms with van der Waals surface area (Å²) in [6.07, 6.45) is 3.66. The molecule has 5 heteroatoms. The lowest BCUT2D eigenvalue weighted by Crippen LogP contribution is -2.35. The maximum atomic E-state index is 13.6. The quantitative estimate of drug-likeness (QED) is 0.919. The van der Waals surface area contributed by atoms with E-state index in [9.17, 15) is 4.39 Å². The molecule has 0 bridgehead atoms. The zero-order valence-corrected chi connectivity index (χ0v) is 13.2. The van der Waals surface area contributed by atoms with Gasteiger partial charge in [0.15, 0.2) is 11.5 Å². The van der Waals surface area contributed by atoms with E-state index in [4.69, 9.17) is 9.47 Å². The molecule has 2 heterocycles. The fourth-order valence-corrected chi connectivity index (χ4v) is 2.96. The van der Waals surface area contributed by atoms with Crippen LogP contribution in [0.15, 0.2) is 42.6 Å². The van der Waals surface area contributed by atoms with Gasteiger partial charge in [0.1, 0.15) is 11.9 Å². The van der Waals surface area contributed by atoms with E-state index in [2.05, 4.69) is 10.3 Å². The lowest BCUT2D eigenvalue weighted by molar-refractivity contribution is 0.108. The molecule has 0 radical (unpaired) electrons. The minimum absolute atomic E-state index is 0.236. The number of benzene rings is 1. The van der Waals surface area contributed by atoms with E-state index in [0.717, 1.165) is 31.6 Å². The summed E-state index contributed by atoms with van der Waals surface area (Å²) in [6.45, 7) is 1.88. The minimum atomic E-state index is -0.345. The highest BCUT2D eigenvalue weighted by Crippen LogP contribution is 2.36. The molecule has 1 aliphatic heterocycles. The Morgan fingerprint density at radius 3 is 2.87 bits per heavy atom. The molecule has 1 unspecified atom stereocenters. The lowest BCUT2D eigenvalue weighted by Gasteiger charge is -2.31. The Labute approximate surface area is 135 Å². The van der Waals surface area contributed by atoms with Crippen LogP contribution >= 0.6 is 0 Å². The largest absolute Gasteiger partial charge is 0.493 e. The van der Waals surface area contributed by atoms with Gasteiger partial charge in [0.25, 0.3) is 0 Å². The predicted octanol–water partition coefficient (Wildman–Crippen LogP) is 3.35. The molecule has 4 nitrogen and oxygen atoms in total. The molecule has 23 heavy (non-hydrogen) atoms. The summed E-state index contributed by atoms with van der Waals surface area (Å²) in [7, 11) is 1.55. The molecule has 1 fully saturated rings. The molecular formula is C18H21FN2O2. The number of nitrogens with one attached hydrogen (secondary N) is 1. The second-order valence-electron chi connectivity index (χ2n) is 5.69. The van der Waals surface area contributed by atoms with Crippen LogP contribution in [-0.2, 0) is 0 Å². The summed E-state index contributed by atoms with van der Waals surface area (Å²) in [5, 5.41) is 3.40. The molecule has 2 atom stereocenters. The SMILES string of the molecule is COc1ccc(F)cc1O[C@H](c1ccccn1)C1CCCNC1. The van der Waals surface area contributed by atoms with Gasteiger partial charge >= 0.3 is 0 Å². The van der Waals surface area contributed by atoms with Gasteiger partial charge in [-0.2, -0.15) is 0 Å². The van der Waals surface area contributed by atoms with Crippen LogP contribution in [0.3, 0.4) is 0 Å². The van der Waals surface area contributed by atoms with Crippen LogP contribution in [0.25, 0.3) is 0 Å². The molecule has 1 aromatic heterocycles. The number of methoxy groups -OCH3 is 1. The molecule has 1 aliphatic rings. The molecule has 0 saturated carbocycles. The number of piperidine rings is 1. The van der Waals surface area contributed by atoms with Crippen molar-refractivity contribution in [2.24, 2.45) is 5.92 Å². The van der Waals surface area contributed by atoms with Crippen molar-refractivity contribution in [2.75, 3.05) is 20.2 Å². The lowest BCUT2D eigenvalue weighted by atomic mass is 9.91. The van der Waals surface area contributed by atoms with E-state index in [0.29, 0.717) is 11.5 Å². The van der Waals surface area contributed by atoms with E-state index < -0.39 is 0 Å². The third-order valence-corrected chi connectivity index (χ3v) is 4.12. The zero-order chi connectivity index (χ0) is 16.1. The molecule has 0 amide bonds. The predicted molar refractivity (Wildman–Crippen MR) is 86.2 cm³/mol. The summed E-state index contributed by atoms with van der Waals surface area (Å²) in [4.78, 5) is 4.44. The van der Waals surface area contributed by atoms with Crippen molar-refractivity contribution in [2.45, 2.75) is 18.9 Å². The number of hydrogen-bond donors (Lipinski definition) is 1. The van der Waals surface area contributed by atoms with E-state index in [1.807, 2.05) is 18.2 Å². The van der Waals surface area contributed by atoms with Gasteiger partial charge in [0.2, 0.25) is 0 Å². The van der Waals surface area contributed by atoms with Gasteiger partial charge in [-0.3, -0.25) is 4.98 Å². The topological polar surface area (TPSA) is 43.4 Å². The van der Waals surface area contributed by atoms with Crippen LogP contribution in [0, 0.1) is 11.7 Å². The molecular weight excluding hydrogens is 295 g/mol. The van der Waals surface area contributed by atoms with Gasteiger partial charge in [-0.25, -0.2) is 4.39 Å². The molecule has 0 aliphatic carbocycles. The van der Waals surface area contributed by atoms with E-state index in [1.165, 1.54) is 12.1 Å². The first-order valence-electron chi connectivity index (χ1n) is 7.90. The van der Waals surface area contributed by atoms with Gasteiger partial charge in [0.05, 0.1) is 12.8 Å². The number of hydrogen-bond acceptors (Lipinski definition) is 4. The fraction of sp³-hybridized carbons (Fsp3) is 0.389. The molecule has 3 rings (SSSR count). The highest BCUT2D eigenvalue weighted by atomic mass is 19.1. The molecule has 1 aromatic carbocycles. The van der Waals surface area contributed by atoms with Crippen molar-refractivity contribution < 1.29 is 13.9 Å². The van der Waals surface area contributed by atoms with Crippen molar-refractivity contribution in [1.82, 2.24) is 10.3 Å². The van der Waals surface area contributed by atoms with E-state index in [1.54, 1.807) is 19.4 Å². The molecule has 122 valence electrons. The van der Waals surface area contributed by atoms with Crippen molar-refractivity contribution in [3.8, 4) is 11.5 Å². The Morgan fingerprint density at radius 2 is 2.17 bits per heavy atom. The Balaban J connectivity index is 1.91. The second-order valence-corrected chi connectivity index (χ2v) is 5.69. The Morgan fingerprint density at radius 1 is 1.26 bits per heavy atom. The third kappa shape index (κ3) is 3.79. The van der Waals surface area contributed by atoms with Crippen molar-refractivity contribution >= 4 is 0 Å². The third-order valence-electron chi connectivity index (χ3n) is 4.12. The number of halogens is 1. The van der Waals surface area contributed by atoms with Crippen LogP contribution in [0.1, 0.15) is 24.6 Å². The number of rotatable bonds is 5. The van der Waals surface area contributed by atoms with Gasteiger partial charge in [-0.05, 0) is 43.7 Å². The Hall–Kier alpha value is -2.14. The molecule has 1 saturated heterocycles. The highest BCUT2D eigenvalue weighted by molar-refractivity contribution is 5.40. The van der Waals surface area contributed by atoms with Crippen LogP contribution in [0.5, 0.6) is 11.5 Å². The molecule has 0 spiro atoms. The van der Waals surface area contributed by atoms with Gasteiger partial charge in [-0.1, -0.05) is 6.07 Å². The van der Waals surface area contributed by atoms with Crippen LogP contribution in [0.4, 0.5) is 4.39 Å². The molecule has 1 N–H and O–H groups in total. The maximum absolute atomic E-state index is 13.6. The number of aromatic nitrogens is 1. The maximum Gasteiger partial charge on any atom is 0.165 e. The summed E-state index contributed by atoms with van der Waals surface area (Å²) in [5.74, 6) is 0.874. The van der Waals surface area contributed by atoms with Crippen molar-refractivity contribution in [3.63, 3.8) is 0 Å². The van der Waals surface area contributed by atoms with Crippen LogP contribution in [0.2, 0.25) is 0 Å². The highest BCUT2D eigenvalue weighted by Gasteiger charge is 2.28. The Bertz CT molecular complexity index is 630. The average molecular weight is 316 g/mol. The summed E-state index contributed by atoms with van der Waals surface area (Å²) < 4.78 is 25.1. The summed E-state index contributed by atoms with van der Waals surface area (Å²) in [6, 6.07) is 10.1. The van der Waals surface area contributed by atoms with E-state index >= 15 is 0 Å². The monoisotopic (exact) mass is 316 g/mol. The number of pyridine rings is 1. The second kappa shape index (κ2) is 7.42. The number of ether oxygens (including phenoxy) is 2. The first-order chi connectivity index (χ1) is 11.3. The van der Waals surface area contributed by atoms with Crippen LogP contribution in [-0.4, -0.2) is 25.2 Å². The summed E-state index contributed by atoms with van der Waals surface area (Å²) >= 11 is 0. The average Bonchev–Trinajstić information content (AvgIpc) is 2.61. The molecule has 2 aromatic rings. The van der Waals surface area contributed by atoms with Gasteiger partial charge < -0.3 is 14.8 Å². The Kier molecular flexibility index (Phi) is 5.08. The van der Waals surface area contributed by atoms with Crippen LogP contribution < -0.4 is 14.8 Å². The van der Waals surface area contributed by atoms with E-state index in [-0.39, 0.29) is 17.8 Å². The smallest absolute Gasteiger partial charge is 0.165 e. The van der Waals surface area contributed by atoms with Gasteiger partial charge in [-0.15, -0.1) is 0 Å². The first-order valence-corrected chi connectivity index (χ1v) is 7.90. The standard InChI is InChI=1S/C18H21FN2O2/c1-22-16-8-7-14(19)11-17(16)23-18(13-5-4-9-20-12-13)15-6-2-3-10-21-15/h2-3,6-8,10-11,13,18,20H,4-5,9,12H2,1H3/t13?,18-/m0/s1. The fourth-order valence-electron chi connectivity index (χ4n) is 2.96.